The second-order valence-electron chi connectivity index (χ2n) is 5.54. The summed E-state index contributed by atoms with van der Waals surface area (Å²) in [6, 6.07) is 10.9. The summed E-state index contributed by atoms with van der Waals surface area (Å²) < 4.78 is 11.2. The number of halogens is 1. The number of benzene rings is 2. The minimum atomic E-state index is -0.386. The quantitative estimate of drug-likeness (QED) is 0.650. The molecule has 3 aromatic rings. The van der Waals surface area contributed by atoms with Gasteiger partial charge in [-0.15, -0.1) is 0 Å². The monoisotopic (exact) mass is 415 g/mol. The van der Waals surface area contributed by atoms with Gasteiger partial charge in [-0.3, -0.25) is 14.4 Å². The molecule has 1 amide bonds. The lowest BCUT2D eigenvalue weighted by molar-refractivity contribution is 0.0987. The van der Waals surface area contributed by atoms with Gasteiger partial charge in [0.05, 0.1) is 18.2 Å². The molecule has 0 unspecified atom stereocenters. The maximum absolute atomic E-state index is 12.5. The molecule has 7 heteroatoms. The molecule has 2 aromatic carbocycles. The van der Waals surface area contributed by atoms with Crippen LogP contribution < -0.4 is 15.5 Å². The minimum absolute atomic E-state index is 0.0650. The van der Waals surface area contributed by atoms with Gasteiger partial charge in [-0.05, 0) is 36.4 Å². The first-order chi connectivity index (χ1) is 12.4. The topological polar surface area (TPSA) is 85.6 Å². The molecule has 0 saturated heterocycles. The number of hydrogen-bond donors (Lipinski definition) is 1. The fourth-order valence-electron chi connectivity index (χ4n) is 2.43. The molecule has 0 fully saturated rings. The van der Waals surface area contributed by atoms with Crippen LogP contribution in [-0.2, 0) is 0 Å². The molecule has 0 atom stereocenters. The zero-order valence-corrected chi connectivity index (χ0v) is 15.5. The van der Waals surface area contributed by atoms with E-state index in [9.17, 15) is 14.4 Å². The second kappa shape index (κ2) is 7.13. The van der Waals surface area contributed by atoms with Crippen molar-refractivity contribution >= 4 is 44.3 Å². The number of carbonyl (C=O) groups excluding carboxylic acids is 2. The molecular weight excluding hydrogens is 402 g/mol. The molecule has 0 radical (unpaired) electrons. The van der Waals surface area contributed by atoms with Crippen LogP contribution in [-0.4, -0.2) is 18.8 Å². The van der Waals surface area contributed by atoms with Gasteiger partial charge in [0.2, 0.25) is 0 Å². The first-order valence-electron chi connectivity index (χ1n) is 7.63. The van der Waals surface area contributed by atoms with Crippen molar-refractivity contribution in [1.82, 2.24) is 0 Å². The van der Waals surface area contributed by atoms with E-state index in [0.29, 0.717) is 15.8 Å². The average Bonchev–Trinajstić information content (AvgIpc) is 2.62. The van der Waals surface area contributed by atoms with Crippen LogP contribution in [0.2, 0.25) is 0 Å². The molecule has 132 valence electrons. The van der Waals surface area contributed by atoms with E-state index < -0.39 is 0 Å². The Kier molecular flexibility index (Phi) is 4.90. The van der Waals surface area contributed by atoms with E-state index in [0.717, 1.165) is 6.07 Å². The van der Waals surface area contributed by atoms with E-state index in [1.54, 1.807) is 36.4 Å². The van der Waals surface area contributed by atoms with E-state index in [4.69, 9.17) is 9.15 Å². The number of ether oxygens (including phenoxy) is 1. The number of hydrogen-bond acceptors (Lipinski definition) is 5. The maximum atomic E-state index is 12.5. The number of nitrogens with one attached hydrogen (secondary N) is 1. The number of Topliss-reactive ketones (excluding diaryl/α,β-unsaturated/α-hetero) is 1. The number of methoxy groups -OCH3 is 1. The van der Waals surface area contributed by atoms with E-state index in [2.05, 4.69) is 21.2 Å². The highest BCUT2D eigenvalue weighted by atomic mass is 79.9. The van der Waals surface area contributed by atoms with E-state index in [1.165, 1.54) is 14.0 Å². The van der Waals surface area contributed by atoms with Gasteiger partial charge in [-0.25, -0.2) is 0 Å². The van der Waals surface area contributed by atoms with Crippen molar-refractivity contribution in [2.24, 2.45) is 0 Å². The van der Waals surface area contributed by atoms with Gasteiger partial charge in [0.15, 0.2) is 22.6 Å². The highest BCUT2D eigenvalue weighted by molar-refractivity contribution is 9.10. The third-order valence-electron chi connectivity index (χ3n) is 3.74. The van der Waals surface area contributed by atoms with Gasteiger partial charge in [-0.2, -0.15) is 0 Å². The number of amides is 1. The SMILES string of the molecule is COc1ccc(C(=O)Nc2cc(Br)cc3c(=O)cc(C(C)=O)oc23)cc1. The Labute approximate surface area is 156 Å². The molecule has 0 aliphatic rings. The fourth-order valence-corrected chi connectivity index (χ4v) is 2.88. The van der Waals surface area contributed by atoms with Crippen molar-refractivity contribution in [3.8, 4) is 5.75 Å². The minimum Gasteiger partial charge on any atom is -0.497 e. The van der Waals surface area contributed by atoms with Crippen LogP contribution in [0, 0.1) is 0 Å². The van der Waals surface area contributed by atoms with Crippen molar-refractivity contribution < 1.29 is 18.7 Å². The van der Waals surface area contributed by atoms with Crippen LogP contribution in [0.5, 0.6) is 5.75 Å². The molecule has 3 rings (SSSR count). The lowest BCUT2D eigenvalue weighted by Gasteiger charge is -2.10. The van der Waals surface area contributed by atoms with Gasteiger partial charge in [-0.1, -0.05) is 15.9 Å². The lowest BCUT2D eigenvalue weighted by atomic mass is 10.1. The van der Waals surface area contributed by atoms with Crippen molar-refractivity contribution in [3.05, 3.63) is 68.5 Å². The summed E-state index contributed by atoms with van der Waals surface area (Å²) >= 11 is 3.31. The summed E-state index contributed by atoms with van der Waals surface area (Å²) in [4.78, 5) is 36.4. The molecule has 0 aliphatic carbocycles. The van der Waals surface area contributed by atoms with Gasteiger partial charge in [0.1, 0.15) is 5.75 Å². The predicted octanol–water partition coefficient (Wildman–Crippen LogP) is 4.02. The standard InChI is InChI=1S/C19H14BrNO5/c1-10(22)17-9-16(23)14-7-12(20)8-15(18(14)26-17)21-19(24)11-3-5-13(25-2)6-4-11/h3-9H,1-2H3,(H,21,24). The molecule has 0 bridgehead atoms. The van der Waals surface area contributed by atoms with Crippen molar-refractivity contribution in [2.45, 2.75) is 6.92 Å². The van der Waals surface area contributed by atoms with Crippen molar-refractivity contribution in [1.29, 1.82) is 0 Å². The molecule has 0 aliphatic heterocycles. The van der Waals surface area contributed by atoms with Crippen LogP contribution in [0.3, 0.4) is 0 Å². The highest BCUT2D eigenvalue weighted by Gasteiger charge is 2.15. The Hall–Kier alpha value is -2.93. The van der Waals surface area contributed by atoms with Gasteiger partial charge < -0.3 is 14.5 Å². The Bertz CT molecular complexity index is 1070. The molecule has 1 aromatic heterocycles. The third-order valence-corrected chi connectivity index (χ3v) is 4.20. The first-order valence-corrected chi connectivity index (χ1v) is 8.42. The predicted molar refractivity (Wildman–Crippen MR) is 101 cm³/mol. The van der Waals surface area contributed by atoms with Crippen LogP contribution in [0.15, 0.2) is 56.1 Å². The summed E-state index contributed by atoms with van der Waals surface area (Å²) in [7, 11) is 1.54. The molecule has 0 saturated carbocycles. The molecule has 0 spiro atoms. The normalized spacial score (nSPS) is 10.6. The summed E-state index contributed by atoms with van der Waals surface area (Å²) in [5, 5.41) is 2.98. The molecule has 1 N–H and O–H groups in total. The van der Waals surface area contributed by atoms with Crippen LogP contribution in [0.25, 0.3) is 11.0 Å². The molecular formula is C19H14BrNO5. The number of carbonyl (C=O) groups is 2. The number of ketones is 1. The molecule has 1 heterocycles. The van der Waals surface area contributed by atoms with E-state index in [1.807, 2.05) is 0 Å². The third kappa shape index (κ3) is 3.52. The van der Waals surface area contributed by atoms with Crippen LogP contribution in [0.1, 0.15) is 27.8 Å². The summed E-state index contributed by atoms with van der Waals surface area (Å²) in [5.74, 6) is -0.196. The number of anilines is 1. The fraction of sp³-hybridized carbons (Fsp3) is 0.105. The van der Waals surface area contributed by atoms with Crippen LogP contribution >= 0.6 is 15.9 Å². The zero-order valence-electron chi connectivity index (χ0n) is 14.0. The van der Waals surface area contributed by atoms with Gasteiger partial charge in [0.25, 0.3) is 5.91 Å². The van der Waals surface area contributed by atoms with Crippen molar-refractivity contribution in [2.75, 3.05) is 12.4 Å². The smallest absolute Gasteiger partial charge is 0.255 e. The Morgan fingerprint density at radius 3 is 2.42 bits per heavy atom. The Morgan fingerprint density at radius 2 is 1.81 bits per heavy atom. The number of fused-ring (bicyclic) bond motifs is 1. The second-order valence-corrected chi connectivity index (χ2v) is 6.46. The first kappa shape index (κ1) is 17.9. The zero-order chi connectivity index (χ0) is 18.8. The summed E-state index contributed by atoms with van der Waals surface area (Å²) in [6.07, 6.45) is 0. The lowest BCUT2D eigenvalue weighted by Crippen LogP contribution is -2.13. The van der Waals surface area contributed by atoms with E-state index in [-0.39, 0.29) is 39.5 Å². The van der Waals surface area contributed by atoms with E-state index >= 15 is 0 Å². The van der Waals surface area contributed by atoms with Gasteiger partial charge in [0, 0.05) is 23.0 Å². The maximum Gasteiger partial charge on any atom is 0.255 e. The average molecular weight is 416 g/mol. The highest BCUT2D eigenvalue weighted by Crippen LogP contribution is 2.28. The number of rotatable bonds is 4. The largest absolute Gasteiger partial charge is 0.497 e. The summed E-state index contributed by atoms with van der Waals surface area (Å²) in [6.45, 7) is 1.30. The molecule has 26 heavy (non-hydrogen) atoms. The summed E-state index contributed by atoms with van der Waals surface area (Å²) in [5.41, 5.74) is 0.477. The van der Waals surface area contributed by atoms with Crippen LogP contribution in [0.4, 0.5) is 5.69 Å². The Morgan fingerprint density at radius 1 is 1.12 bits per heavy atom. The molecule has 6 nitrogen and oxygen atoms in total. The van der Waals surface area contributed by atoms with Gasteiger partial charge >= 0.3 is 0 Å². The van der Waals surface area contributed by atoms with Crippen molar-refractivity contribution in [3.63, 3.8) is 0 Å². The Balaban J connectivity index is 2.06.